The second kappa shape index (κ2) is 8.29. The number of nitriles is 1. The molecule has 0 aliphatic carbocycles. The molecule has 1 aromatic heterocycles. The number of ether oxygens (including phenoxy) is 2. The second-order valence-electron chi connectivity index (χ2n) is 4.80. The third-order valence-corrected chi connectivity index (χ3v) is 3.07. The SMILES string of the molecule is CCOc1cc(/C=C/c2nc(O)c([N+](=O)[O-])c(=O)[nH]2)ccc1OCC#N. The second-order valence-corrected chi connectivity index (χ2v) is 4.80. The van der Waals surface area contributed by atoms with Crippen molar-refractivity contribution in [3.05, 3.63) is 50.1 Å². The maximum absolute atomic E-state index is 11.6. The van der Waals surface area contributed by atoms with E-state index in [0.717, 1.165) is 0 Å². The number of aromatic amines is 1. The smallest absolute Gasteiger partial charge is 0.395 e. The van der Waals surface area contributed by atoms with Gasteiger partial charge in [0, 0.05) is 0 Å². The van der Waals surface area contributed by atoms with Gasteiger partial charge in [-0.15, -0.1) is 0 Å². The minimum absolute atomic E-state index is 0.0548. The van der Waals surface area contributed by atoms with E-state index in [9.17, 15) is 20.0 Å². The maximum Gasteiger partial charge on any atom is 0.395 e. The van der Waals surface area contributed by atoms with Crippen molar-refractivity contribution in [1.29, 1.82) is 5.26 Å². The van der Waals surface area contributed by atoms with Crippen LogP contribution >= 0.6 is 0 Å². The molecule has 0 saturated heterocycles. The Morgan fingerprint density at radius 1 is 1.38 bits per heavy atom. The van der Waals surface area contributed by atoms with Gasteiger partial charge in [-0.3, -0.25) is 14.9 Å². The molecule has 10 nitrogen and oxygen atoms in total. The Morgan fingerprint density at radius 2 is 2.15 bits per heavy atom. The average molecular weight is 358 g/mol. The summed E-state index contributed by atoms with van der Waals surface area (Å²) in [4.78, 5) is 27.0. The van der Waals surface area contributed by atoms with Crippen molar-refractivity contribution >= 4 is 17.8 Å². The molecule has 0 bridgehead atoms. The molecule has 0 fully saturated rings. The first kappa shape index (κ1) is 18.5. The van der Waals surface area contributed by atoms with E-state index in [2.05, 4.69) is 9.97 Å². The van der Waals surface area contributed by atoms with E-state index in [0.29, 0.717) is 23.7 Å². The van der Waals surface area contributed by atoms with E-state index >= 15 is 0 Å². The first-order valence-electron chi connectivity index (χ1n) is 7.38. The van der Waals surface area contributed by atoms with Crippen LogP contribution in [-0.2, 0) is 0 Å². The van der Waals surface area contributed by atoms with Gasteiger partial charge in [0.25, 0.3) is 5.88 Å². The van der Waals surface area contributed by atoms with E-state index in [4.69, 9.17) is 14.7 Å². The largest absolute Gasteiger partial charge is 0.490 e. The number of nitrogens with zero attached hydrogens (tertiary/aromatic N) is 3. The molecule has 0 saturated carbocycles. The number of nitro groups is 1. The van der Waals surface area contributed by atoms with Gasteiger partial charge in [0.1, 0.15) is 11.9 Å². The van der Waals surface area contributed by atoms with Gasteiger partial charge in [0.05, 0.1) is 11.5 Å². The van der Waals surface area contributed by atoms with Crippen LogP contribution in [0.15, 0.2) is 23.0 Å². The molecule has 0 radical (unpaired) electrons. The minimum atomic E-state index is -1.06. The van der Waals surface area contributed by atoms with E-state index in [1.807, 2.05) is 6.07 Å². The molecular weight excluding hydrogens is 344 g/mol. The first-order chi connectivity index (χ1) is 12.5. The lowest BCUT2D eigenvalue weighted by Gasteiger charge is -2.10. The highest BCUT2D eigenvalue weighted by Gasteiger charge is 2.21. The van der Waals surface area contributed by atoms with E-state index in [-0.39, 0.29) is 12.4 Å². The summed E-state index contributed by atoms with van der Waals surface area (Å²) in [5, 5.41) is 28.8. The normalized spacial score (nSPS) is 10.5. The van der Waals surface area contributed by atoms with Crippen molar-refractivity contribution in [2.75, 3.05) is 13.2 Å². The number of aromatic nitrogens is 2. The van der Waals surface area contributed by atoms with Crippen LogP contribution in [0.1, 0.15) is 18.3 Å². The summed E-state index contributed by atoms with van der Waals surface area (Å²) in [6.07, 6.45) is 2.92. The Bertz CT molecular complexity index is 945. The number of rotatable bonds is 7. The molecule has 134 valence electrons. The van der Waals surface area contributed by atoms with E-state index in [1.54, 1.807) is 31.2 Å². The highest BCUT2D eigenvalue weighted by atomic mass is 16.6. The van der Waals surface area contributed by atoms with Crippen LogP contribution in [0.5, 0.6) is 17.4 Å². The monoisotopic (exact) mass is 358 g/mol. The van der Waals surface area contributed by atoms with Crippen LogP contribution in [0.25, 0.3) is 12.2 Å². The lowest BCUT2D eigenvalue weighted by molar-refractivity contribution is -0.387. The van der Waals surface area contributed by atoms with Crippen molar-refractivity contribution in [1.82, 2.24) is 9.97 Å². The van der Waals surface area contributed by atoms with E-state index < -0.39 is 22.0 Å². The third kappa shape index (κ3) is 4.35. The lowest BCUT2D eigenvalue weighted by Crippen LogP contribution is -2.14. The molecule has 10 heteroatoms. The Hall–Kier alpha value is -3.87. The van der Waals surface area contributed by atoms with Gasteiger partial charge in [0.15, 0.2) is 18.1 Å². The Kier molecular flexibility index (Phi) is 5.89. The molecule has 26 heavy (non-hydrogen) atoms. The van der Waals surface area contributed by atoms with Gasteiger partial charge in [0.2, 0.25) is 0 Å². The maximum atomic E-state index is 11.6. The molecule has 2 aromatic rings. The van der Waals surface area contributed by atoms with Crippen LogP contribution in [0.2, 0.25) is 0 Å². The van der Waals surface area contributed by atoms with Crippen molar-refractivity contribution in [3.8, 4) is 23.4 Å². The standard InChI is InChI=1S/C16H14N4O6/c1-2-25-12-9-10(3-5-11(12)26-8-7-17)4-6-13-18-15(21)14(20(23)24)16(22)19-13/h3-6,9H,2,8H2,1H3,(H2,18,19,21,22)/b6-4+. The molecule has 0 atom stereocenters. The molecule has 2 rings (SSSR count). The topological polar surface area (TPSA) is 151 Å². The fourth-order valence-electron chi connectivity index (χ4n) is 2.02. The zero-order chi connectivity index (χ0) is 19.1. The van der Waals surface area contributed by atoms with Crippen LogP contribution in [0.3, 0.4) is 0 Å². The number of nitrogens with one attached hydrogen (secondary N) is 1. The Labute approximate surface area is 147 Å². The van der Waals surface area contributed by atoms with Gasteiger partial charge >= 0.3 is 11.2 Å². The average Bonchev–Trinajstić information content (AvgIpc) is 2.58. The molecule has 1 heterocycles. The van der Waals surface area contributed by atoms with Gasteiger partial charge in [-0.1, -0.05) is 12.1 Å². The molecule has 1 aromatic carbocycles. The van der Waals surface area contributed by atoms with Crippen molar-refractivity contribution in [3.63, 3.8) is 0 Å². The number of H-pyrrole nitrogens is 1. The first-order valence-corrected chi connectivity index (χ1v) is 7.38. The highest BCUT2D eigenvalue weighted by Crippen LogP contribution is 2.29. The predicted molar refractivity (Wildman–Crippen MR) is 90.8 cm³/mol. The van der Waals surface area contributed by atoms with Gasteiger partial charge in [-0.25, -0.2) is 0 Å². The minimum Gasteiger partial charge on any atom is -0.490 e. The van der Waals surface area contributed by atoms with Gasteiger partial charge < -0.3 is 19.6 Å². The van der Waals surface area contributed by atoms with Crippen LogP contribution in [-0.4, -0.2) is 33.2 Å². The zero-order valence-corrected chi connectivity index (χ0v) is 13.6. The van der Waals surface area contributed by atoms with Crippen LogP contribution in [0.4, 0.5) is 5.69 Å². The number of benzene rings is 1. The van der Waals surface area contributed by atoms with Gasteiger partial charge in [-0.05, 0) is 30.7 Å². The molecule has 0 spiro atoms. The summed E-state index contributed by atoms with van der Waals surface area (Å²) in [6, 6.07) is 6.81. The number of hydrogen-bond acceptors (Lipinski definition) is 8. The molecule has 0 aliphatic heterocycles. The molecule has 0 unspecified atom stereocenters. The summed E-state index contributed by atoms with van der Waals surface area (Å²) in [7, 11) is 0. The quantitative estimate of drug-likeness (QED) is 0.562. The molecular formula is C16H14N4O6. The summed E-state index contributed by atoms with van der Waals surface area (Å²) >= 11 is 0. The Balaban J connectivity index is 2.30. The van der Waals surface area contributed by atoms with Crippen molar-refractivity contribution < 1.29 is 19.5 Å². The van der Waals surface area contributed by atoms with E-state index in [1.165, 1.54) is 6.08 Å². The summed E-state index contributed by atoms with van der Waals surface area (Å²) in [6.45, 7) is 2.06. The van der Waals surface area contributed by atoms with Crippen molar-refractivity contribution in [2.24, 2.45) is 0 Å². The Morgan fingerprint density at radius 3 is 2.77 bits per heavy atom. The number of aromatic hydroxyl groups is 1. The fourth-order valence-corrected chi connectivity index (χ4v) is 2.02. The molecule has 0 amide bonds. The summed E-state index contributed by atoms with van der Waals surface area (Å²) in [5.41, 5.74) is -1.42. The molecule has 0 aliphatic rings. The number of hydrogen-bond donors (Lipinski definition) is 2. The highest BCUT2D eigenvalue weighted by molar-refractivity contribution is 5.68. The zero-order valence-electron chi connectivity index (χ0n) is 13.6. The van der Waals surface area contributed by atoms with Crippen LogP contribution in [0, 0.1) is 21.4 Å². The van der Waals surface area contributed by atoms with Crippen LogP contribution < -0.4 is 15.0 Å². The van der Waals surface area contributed by atoms with Crippen molar-refractivity contribution in [2.45, 2.75) is 6.92 Å². The van der Waals surface area contributed by atoms with Gasteiger partial charge in [-0.2, -0.15) is 10.2 Å². The molecule has 2 N–H and O–H groups in total. The predicted octanol–water partition coefficient (Wildman–Crippen LogP) is 1.86. The summed E-state index contributed by atoms with van der Waals surface area (Å²) in [5.74, 6) is -0.183. The lowest BCUT2D eigenvalue weighted by atomic mass is 10.2. The fraction of sp³-hybridized carbons (Fsp3) is 0.188. The third-order valence-electron chi connectivity index (χ3n) is 3.07. The summed E-state index contributed by atoms with van der Waals surface area (Å²) < 4.78 is 10.7.